The molecule has 1 fully saturated rings. The molecule has 0 aliphatic carbocycles. The van der Waals surface area contributed by atoms with Gasteiger partial charge in [-0.25, -0.2) is 9.59 Å². The van der Waals surface area contributed by atoms with Gasteiger partial charge in [0.25, 0.3) is 0 Å². The lowest BCUT2D eigenvalue weighted by Crippen LogP contribution is -2.52. The first-order valence-corrected chi connectivity index (χ1v) is 9.37. The molecule has 0 spiro atoms. The highest BCUT2D eigenvalue weighted by molar-refractivity contribution is 6.01. The first-order valence-electron chi connectivity index (χ1n) is 9.37. The molecule has 9 heteroatoms. The van der Waals surface area contributed by atoms with Gasteiger partial charge in [0.1, 0.15) is 5.75 Å². The monoisotopic (exact) mass is 412 g/mol. The molecule has 1 N–H and O–H groups in total. The molecular formula is C20H23F3N2O4. The van der Waals surface area contributed by atoms with Gasteiger partial charge in [-0.1, -0.05) is 12.1 Å². The molecule has 2 aliphatic heterocycles. The number of methoxy groups -OCH3 is 1. The lowest BCUT2D eigenvalue weighted by atomic mass is 9.88. The molecular weight excluding hydrogens is 389 g/mol. The summed E-state index contributed by atoms with van der Waals surface area (Å²) in [6, 6.07) is 4.60. The van der Waals surface area contributed by atoms with Gasteiger partial charge in [-0.2, -0.15) is 0 Å². The van der Waals surface area contributed by atoms with Crippen LogP contribution in [0.2, 0.25) is 0 Å². The second kappa shape index (κ2) is 7.96. The molecule has 2 atom stereocenters. The Morgan fingerprint density at radius 2 is 1.83 bits per heavy atom. The molecule has 0 radical (unpaired) electrons. The number of nitrogens with one attached hydrogen (secondary N) is 1. The van der Waals surface area contributed by atoms with E-state index in [0.717, 1.165) is 6.42 Å². The minimum Gasteiger partial charge on any atom is -0.466 e. The second-order valence-corrected chi connectivity index (χ2v) is 7.42. The topological polar surface area (TPSA) is 67.9 Å². The van der Waals surface area contributed by atoms with Crippen molar-refractivity contribution >= 4 is 17.6 Å². The first kappa shape index (κ1) is 21.0. The van der Waals surface area contributed by atoms with E-state index in [0.29, 0.717) is 29.6 Å². The summed E-state index contributed by atoms with van der Waals surface area (Å²) in [5, 5.41) is 2.86. The average molecular weight is 412 g/mol. The summed E-state index contributed by atoms with van der Waals surface area (Å²) in [5.74, 6) is -0.874. The predicted molar refractivity (Wildman–Crippen MR) is 99.0 cm³/mol. The third kappa shape index (κ3) is 4.49. The maximum absolute atomic E-state index is 12.7. The Labute approximate surface area is 166 Å². The SMILES string of the molecule is COC(=O)C1=C(c2ccc(OC(F)(F)F)cc2)C[C@@H]2CC[C@H]1N2C(=O)NC(C)C. The van der Waals surface area contributed by atoms with Gasteiger partial charge < -0.3 is 19.7 Å². The molecule has 6 nitrogen and oxygen atoms in total. The molecule has 3 rings (SSSR count). The van der Waals surface area contributed by atoms with E-state index in [4.69, 9.17) is 4.74 Å². The van der Waals surface area contributed by atoms with Crippen LogP contribution in [0, 0.1) is 0 Å². The van der Waals surface area contributed by atoms with E-state index in [-0.39, 0.29) is 23.9 Å². The highest BCUT2D eigenvalue weighted by atomic mass is 19.4. The molecule has 2 amide bonds. The number of halogens is 3. The number of urea groups is 1. The molecule has 2 heterocycles. The third-order valence-electron chi connectivity index (χ3n) is 5.09. The number of amides is 2. The molecule has 2 bridgehead atoms. The van der Waals surface area contributed by atoms with Gasteiger partial charge in [-0.15, -0.1) is 13.2 Å². The Balaban J connectivity index is 1.96. The van der Waals surface area contributed by atoms with Gasteiger partial charge in [0, 0.05) is 12.1 Å². The highest BCUT2D eigenvalue weighted by Crippen LogP contribution is 2.43. The first-order chi connectivity index (χ1) is 13.6. The molecule has 1 saturated heterocycles. The van der Waals surface area contributed by atoms with Crippen LogP contribution in [0.5, 0.6) is 5.75 Å². The van der Waals surface area contributed by atoms with E-state index in [1.165, 1.54) is 31.4 Å². The van der Waals surface area contributed by atoms with Gasteiger partial charge in [0.05, 0.1) is 18.7 Å². The Hall–Kier alpha value is -2.71. The van der Waals surface area contributed by atoms with Gasteiger partial charge in [0.2, 0.25) is 0 Å². The Bertz CT molecular complexity index is 818. The van der Waals surface area contributed by atoms with Crippen molar-refractivity contribution in [2.75, 3.05) is 7.11 Å². The van der Waals surface area contributed by atoms with Crippen LogP contribution in [-0.4, -0.2) is 48.5 Å². The summed E-state index contributed by atoms with van der Waals surface area (Å²) in [5.41, 5.74) is 1.68. The summed E-state index contributed by atoms with van der Waals surface area (Å²) >= 11 is 0. The van der Waals surface area contributed by atoms with Gasteiger partial charge >= 0.3 is 18.4 Å². The zero-order valence-corrected chi connectivity index (χ0v) is 16.4. The van der Waals surface area contributed by atoms with E-state index >= 15 is 0 Å². The molecule has 0 unspecified atom stereocenters. The van der Waals surface area contributed by atoms with Crippen molar-refractivity contribution in [1.29, 1.82) is 0 Å². The van der Waals surface area contributed by atoms with Crippen LogP contribution >= 0.6 is 0 Å². The largest absolute Gasteiger partial charge is 0.573 e. The van der Waals surface area contributed by atoms with Gasteiger partial charge in [-0.3, -0.25) is 0 Å². The predicted octanol–water partition coefficient (Wildman–Crippen LogP) is 3.87. The van der Waals surface area contributed by atoms with Crippen LogP contribution in [0.3, 0.4) is 0 Å². The number of rotatable bonds is 4. The summed E-state index contributed by atoms with van der Waals surface area (Å²) < 4.78 is 46.1. The van der Waals surface area contributed by atoms with E-state index in [1.54, 1.807) is 4.90 Å². The molecule has 29 heavy (non-hydrogen) atoms. The fourth-order valence-electron chi connectivity index (χ4n) is 4.04. The van der Waals surface area contributed by atoms with E-state index in [9.17, 15) is 22.8 Å². The number of ether oxygens (including phenoxy) is 2. The molecule has 2 aliphatic rings. The zero-order chi connectivity index (χ0) is 21.3. The maximum Gasteiger partial charge on any atom is 0.573 e. The van der Waals surface area contributed by atoms with E-state index < -0.39 is 18.4 Å². The van der Waals surface area contributed by atoms with Crippen LogP contribution in [-0.2, 0) is 9.53 Å². The maximum atomic E-state index is 12.7. The molecule has 0 aromatic heterocycles. The summed E-state index contributed by atoms with van der Waals surface area (Å²) in [6.45, 7) is 3.72. The van der Waals surface area contributed by atoms with Crippen molar-refractivity contribution in [2.24, 2.45) is 0 Å². The molecule has 158 valence electrons. The summed E-state index contributed by atoms with van der Waals surface area (Å²) in [6.07, 6.45) is -2.99. The van der Waals surface area contributed by atoms with Crippen LogP contribution in [0.1, 0.15) is 38.7 Å². The zero-order valence-electron chi connectivity index (χ0n) is 16.4. The number of hydrogen-bond acceptors (Lipinski definition) is 4. The van der Waals surface area contributed by atoms with Crippen molar-refractivity contribution in [1.82, 2.24) is 10.2 Å². The molecule has 1 aromatic carbocycles. The Morgan fingerprint density at radius 3 is 2.38 bits per heavy atom. The number of fused-ring (bicyclic) bond motifs is 2. The summed E-state index contributed by atoms with van der Waals surface area (Å²) in [7, 11) is 1.27. The number of hydrogen-bond donors (Lipinski definition) is 1. The van der Waals surface area contributed by atoms with Crippen LogP contribution in [0.15, 0.2) is 29.8 Å². The highest BCUT2D eigenvalue weighted by Gasteiger charge is 2.46. The third-order valence-corrected chi connectivity index (χ3v) is 5.09. The fourth-order valence-corrected chi connectivity index (χ4v) is 4.04. The van der Waals surface area contributed by atoms with Crippen molar-refractivity contribution in [3.63, 3.8) is 0 Å². The Kier molecular flexibility index (Phi) is 5.77. The Morgan fingerprint density at radius 1 is 1.17 bits per heavy atom. The standard InChI is InChI=1S/C20H23F3N2O4/c1-11(2)24-19(27)25-13-6-9-16(25)17(18(26)28-3)15(10-13)12-4-7-14(8-5-12)29-20(21,22)23/h4-5,7-8,11,13,16H,6,9-10H2,1-3H3,(H,24,27)/t13-,16+/m0/s1. The minimum atomic E-state index is -4.77. The number of alkyl halides is 3. The fraction of sp³-hybridized carbons (Fsp3) is 0.500. The van der Waals surface area contributed by atoms with Gasteiger partial charge in [-0.05, 0) is 56.4 Å². The number of esters is 1. The lowest BCUT2D eigenvalue weighted by molar-refractivity contribution is -0.274. The van der Waals surface area contributed by atoms with E-state index in [2.05, 4.69) is 10.1 Å². The smallest absolute Gasteiger partial charge is 0.466 e. The van der Waals surface area contributed by atoms with Crippen molar-refractivity contribution in [3.05, 3.63) is 35.4 Å². The second-order valence-electron chi connectivity index (χ2n) is 7.42. The average Bonchev–Trinajstić information content (AvgIpc) is 2.94. The number of nitrogens with zero attached hydrogens (tertiary/aromatic N) is 1. The van der Waals surface area contributed by atoms with Crippen molar-refractivity contribution in [2.45, 2.75) is 57.6 Å². The van der Waals surface area contributed by atoms with Crippen LogP contribution in [0.4, 0.5) is 18.0 Å². The normalized spacial score (nSPS) is 21.4. The number of carbonyl (C=O) groups is 2. The quantitative estimate of drug-likeness (QED) is 0.763. The molecule has 0 saturated carbocycles. The van der Waals surface area contributed by atoms with Crippen LogP contribution in [0.25, 0.3) is 5.57 Å². The summed E-state index contributed by atoms with van der Waals surface area (Å²) in [4.78, 5) is 26.9. The lowest BCUT2D eigenvalue weighted by Gasteiger charge is -2.37. The van der Waals surface area contributed by atoms with Crippen molar-refractivity contribution in [3.8, 4) is 5.75 Å². The number of carbonyl (C=O) groups excluding carboxylic acids is 2. The van der Waals surface area contributed by atoms with Gasteiger partial charge in [0.15, 0.2) is 0 Å². The van der Waals surface area contributed by atoms with E-state index in [1.807, 2.05) is 13.8 Å². The molecule has 1 aromatic rings. The van der Waals surface area contributed by atoms with Crippen LogP contribution < -0.4 is 10.1 Å². The van der Waals surface area contributed by atoms with Crippen molar-refractivity contribution < 1.29 is 32.2 Å². The minimum absolute atomic E-state index is 0.0463. The number of benzene rings is 1.